The van der Waals surface area contributed by atoms with Gasteiger partial charge in [0.1, 0.15) is 5.69 Å². The highest BCUT2D eigenvalue weighted by molar-refractivity contribution is 8.00. The molecule has 96 valence electrons. The Morgan fingerprint density at radius 1 is 1.42 bits per heavy atom. The Balaban J connectivity index is 1.87. The average molecular weight is 307 g/mol. The van der Waals surface area contributed by atoms with Crippen molar-refractivity contribution in [3.05, 3.63) is 34.8 Å². The summed E-state index contributed by atoms with van der Waals surface area (Å²) in [6.45, 7) is 0. The first-order valence-corrected chi connectivity index (χ1v) is 8.39. The Labute approximate surface area is 121 Å². The van der Waals surface area contributed by atoms with Gasteiger partial charge in [0.25, 0.3) is 5.91 Å². The number of benzene rings is 1. The number of rotatable bonds is 3. The van der Waals surface area contributed by atoms with Gasteiger partial charge in [0.15, 0.2) is 4.34 Å². The molecule has 7 heteroatoms. The molecule has 0 saturated carbocycles. The summed E-state index contributed by atoms with van der Waals surface area (Å²) in [6.07, 6.45) is 2.00. The smallest absolute Gasteiger partial charge is 0.275 e. The van der Waals surface area contributed by atoms with E-state index in [2.05, 4.69) is 15.3 Å². The van der Waals surface area contributed by atoms with E-state index in [1.807, 2.05) is 24.5 Å². The Hall–Kier alpha value is -1.44. The molecule has 0 spiro atoms. The van der Waals surface area contributed by atoms with E-state index in [9.17, 15) is 4.79 Å². The Morgan fingerprint density at radius 3 is 3.05 bits per heavy atom. The van der Waals surface area contributed by atoms with Crippen LogP contribution in [-0.4, -0.2) is 22.1 Å². The molecule has 0 aliphatic heterocycles. The minimum Gasteiger partial charge on any atom is -0.321 e. The van der Waals surface area contributed by atoms with Crippen LogP contribution in [-0.2, 0) is 0 Å². The number of hydrogen-bond donors (Lipinski definition) is 1. The summed E-state index contributed by atoms with van der Waals surface area (Å²) in [5.41, 5.74) is 3.81. The Bertz CT molecular complexity index is 721. The predicted molar refractivity (Wildman–Crippen MR) is 81.5 cm³/mol. The second-order valence-electron chi connectivity index (χ2n) is 3.69. The molecule has 0 atom stereocenters. The number of nitrogens with one attached hydrogen (secondary N) is 1. The van der Waals surface area contributed by atoms with Crippen LogP contribution < -0.4 is 5.32 Å². The molecule has 1 amide bonds. The molecule has 2 heterocycles. The van der Waals surface area contributed by atoms with Gasteiger partial charge in [-0.25, -0.2) is 9.97 Å². The number of carbonyl (C=O) groups excluding carboxylic acids is 1. The van der Waals surface area contributed by atoms with Gasteiger partial charge in [-0.15, -0.1) is 22.7 Å². The summed E-state index contributed by atoms with van der Waals surface area (Å²) >= 11 is 4.65. The molecule has 0 bridgehead atoms. The molecule has 0 radical (unpaired) electrons. The lowest BCUT2D eigenvalue weighted by molar-refractivity contribution is 0.102. The molecule has 0 unspecified atom stereocenters. The highest BCUT2D eigenvalue weighted by Crippen LogP contribution is 2.30. The molecule has 4 nitrogen and oxygen atoms in total. The molecule has 1 aromatic carbocycles. The lowest BCUT2D eigenvalue weighted by atomic mass is 10.3. The topological polar surface area (TPSA) is 54.9 Å². The van der Waals surface area contributed by atoms with Crippen LogP contribution in [0.25, 0.3) is 10.2 Å². The Morgan fingerprint density at radius 2 is 2.32 bits per heavy atom. The van der Waals surface area contributed by atoms with Crippen molar-refractivity contribution in [3.63, 3.8) is 0 Å². The zero-order valence-electron chi connectivity index (χ0n) is 9.91. The molecular weight excluding hydrogens is 298 g/mol. The average Bonchev–Trinajstić information content (AvgIpc) is 3.07. The van der Waals surface area contributed by atoms with Crippen molar-refractivity contribution in [2.24, 2.45) is 0 Å². The fraction of sp³-hybridized carbons (Fsp3) is 0.0833. The SMILES string of the molecule is CSc1nc2ccc(NC(=O)c3cscn3)cc2s1. The van der Waals surface area contributed by atoms with Crippen molar-refractivity contribution in [2.75, 3.05) is 11.6 Å². The van der Waals surface area contributed by atoms with Gasteiger partial charge in [0, 0.05) is 11.1 Å². The van der Waals surface area contributed by atoms with E-state index < -0.39 is 0 Å². The van der Waals surface area contributed by atoms with E-state index in [1.165, 1.54) is 11.3 Å². The van der Waals surface area contributed by atoms with Crippen LogP contribution >= 0.6 is 34.4 Å². The highest BCUT2D eigenvalue weighted by Gasteiger charge is 2.09. The number of anilines is 1. The summed E-state index contributed by atoms with van der Waals surface area (Å²) in [6, 6.07) is 5.72. The number of carbonyl (C=O) groups is 1. The molecule has 19 heavy (non-hydrogen) atoms. The molecule has 1 N–H and O–H groups in total. The molecular formula is C12H9N3OS3. The third-order valence-corrected chi connectivity index (χ3v) is 5.06. The van der Waals surface area contributed by atoms with E-state index in [0.717, 1.165) is 20.2 Å². The van der Waals surface area contributed by atoms with Gasteiger partial charge in [-0.1, -0.05) is 11.8 Å². The van der Waals surface area contributed by atoms with Gasteiger partial charge < -0.3 is 5.32 Å². The number of thiazole rings is 2. The summed E-state index contributed by atoms with van der Waals surface area (Å²) in [5.74, 6) is -0.185. The normalized spacial score (nSPS) is 10.8. The molecule has 3 aromatic rings. The van der Waals surface area contributed by atoms with Crippen LogP contribution in [0.3, 0.4) is 0 Å². The molecule has 3 rings (SSSR count). The minimum atomic E-state index is -0.185. The van der Waals surface area contributed by atoms with Crippen molar-refractivity contribution in [2.45, 2.75) is 4.34 Å². The Kier molecular flexibility index (Phi) is 3.50. The standard InChI is InChI=1S/C12H9N3OS3/c1-17-12-15-8-3-2-7(4-10(8)19-12)14-11(16)9-5-18-6-13-9/h2-6H,1H3,(H,14,16). The third-order valence-electron chi connectivity index (χ3n) is 2.47. The highest BCUT2D eigenvalue weighted by atomic mass is 32.2. The largest absolute Gasteiger partial charge is 0.321 e. The van der Waals surface area contributed by atoms with Gasteiger partial charge in [0.05, 0.1) is 15.7 Å². The van der Waals surface area contributed by atoms with Crippen molar-refractivity contribution in [1.29, 1.82) is 0 Å². The third kappa shape index (κ3) is 2.63. The number of fused-ring (bicyclic) bond motifs is 1. The molecule has 0 saturated heterocycles. The van der Waals surface area contributed by atoms with Gasteiger partial charge in [-0.2, -0.15) is 0 Å². The van der Waals surface area contributed by atoms with Crippen molar-refractivity contribution < 1.29 is 4.79 Å². The molecule has 0 aliphatic rings. The van der Waals surface area contributed by atoms with E-state index >= 15 is 0 Å². The first-order chi connectivity index (χ1) is 9.26. The number of aromatic nitrogens is 2. The maximum absolute atomic E-state index is 11.9. The summed E-state index contributed by atoms with van der Waals surface area (Å²) in [4.78, 5) is 20.3. The van der Waals surface area contributed by atoms with Crippen LogP contribution in [0.1, 0.15) is 10.5 Å². The second kappa shape index (κ2) is 5.28. The minimum absolute atomic E-state index is 0.185. The van der Waals surface area contributed by atoms with Crippen molar-refractivity contribution in [3.8, 4) is 0 Å². The molecule has 0 aliphatic carbocycles. The number of thioether (sulfide) groups is 1. The molecule has 0 fully saturated rings. The van der Waals surface area contributed by atoms with Crippen LogP contribution in [0, 0.1) is 0 Å². The van der Waals surface area contributed by atoms with E-state index in [4.69, 9.17) is 0 Å². The lowest BCUT2D eigenvalue weighted by Crippen LogP contribution is -2.11. The van der Waals surface area contributed by atoms with Crippen LogP contribution in [0.2, 0.25) is 0 Å². The van der Waals surface area contributed by atoms with Crippen LogP contribution in [0.15, 0.2) is 33.4 Å². The summed E-state index contributed by atoms with van der Waals surface area (Å²) < 4.78 is 2.10. The van der Waals surface area contributed by atoms with Crippen LogP contribution in [0.4, 0.5) is 5.69 Å². The van der Waals surface area contributed by atoms with Gasteiger partial charge in [0.2, 0.25) is 0 Å². The first kappa shape index (κ1) is 12.6. The first-order valence-electron chi connectivity index (χ1n) is 5.40. The predicted octanol–water partition coefficient (Wildman–Crippen LogP) is 3.73. The van der Waals surface area contributed by atoms with Crippen LogP contribution in [0.5, 0.6) is 0 Å². The van der Waals surface area contributed by atoms with E-state index in [1.54, 1.807) is 34.0 Å². The lowest BCUT2D eigenvalue weighted by Gasteiger charge is -2.02. The zero-order valence-corrected chi connectivity index (χ0v) is 12.4. The number of amides is 1. The van der Waals surface area contributed by atoms with Gasteiger partial charge >= 0.3 is 0 Å². The fourth-order valence-electron chi connectivity index (χ4n) is 1.59. The second-order valence-corrected chi connectivity index (χ2v) is 6.50. The summed E-state index contributed by atoms with van der Waals surface area (Å²) in [5, 5.41) is 4.57. The van der Waals surface area contributed by atoms with Crippen molar-refractivity contribution in [1.82, 2.24) is 9.97 Å². The monoisotopic (exact) mass is 307 g/mol. The molecule has 2 aromatic heterocycles. The zero-order chi connectivity index (χ0) is 13.2. The van der Waals surface area contributed by atoms with E-state index in [0.29, 0.717) is 5.69 Å². The van der Waals surface area contributed by atoms with Gasteiger partial charge in [-0.05, 0) is 24.5 Å². The van der Waals surface area contributed by atoms with Gasteiger partial charge in [-0.3, -0.25) is 4.79 Å². The number of nitrogens with zero attached hydrogens (tertiary/aromatic N) is 2. The van der Waals surface area contributed by atoms with E-state index in [-0.39, 0.29) is 5.91 Å². The maximum atomic E-state index is 11.9. The number of hydrogen-bond acceptors (Lipinski definition) is 6. The quantitative estimate of drug-likeness (QED) is 0.749. The summed E-state index contributed by atoms with van der Waals surface area (Å²) in [7, 11) is 0. The fourth-order valence-corrected chi connectivity index (χ4v) is 3.65. The maximum Gasteiger partial charge on any atom is 0.275 e. The van der Waals surface area contributed by atoms with Crippen molar-refractivity contribution >= 4 is 56.2 Å².